The molecule has 1 atom stereocenters. The van der Waals surface area contributed by atoms with Gasteiger partial charge in [-0.15, -0.1) is 0 Å². The molecule has 2 aliphatic rings. The van der Waals surface area contributed by atoms with Gasteiger partial charge in [-0.2, -0.15) is 0 Å². The molecule has 1 unspecified atom stereocenters. The fourth-order valence-electron chi connectivity index (χ4n) is 3.41. The minimum absolute atomic E-state index is 0.130. The average molecular weight is 478 g/mol. The number of benzene rings is 1. The topological polar surface area (TPSA) is 78.0 Å². The number of rotatable bonds is 8. The number of morpholine rings is 1. The molecule has 8 nitrogen and oxygen atoms in total. The molecule has 4 rings (SSSR count). The summed E-state index contributed by atoms with van der Waals surface area (Å²) in [4.78, 5) is 10.8. The lowest BCUT2D eigenvalue weighted by molar-refractivity contribution is 0.0574. The van der Waals surface area contributed by atoms with Gasteiger partial charge < -0.3 is 29.2 Å². The molecule has 1 fully saturated rings. The summed E-state index contributed by atoms with van der Waals surface area (Å²) >= 11 is 0. The maximum absolute atomic E-state index is 14.5. The number of ether oxygens (including phenoxy) is 4. The van der Waals surface area contributed by atoms with E-state index in [0.29, 0.717) is 14.5 Å². The number of nitrogens with one attached hydrogen (secondary N) is 1. The second-order valence-electron chi connectivity index (χ2n) is 7.24. The van der Waals surface area contributed by atoms with Crippen molar-refractivity contribution < 1.29 is 27.7 Å². The number of halogens is 2. The Hall–Kier alpha value is -2.97. The van der Waals surface area contributed by atoms with Crippen LogP contribution in [0.5, 0.6) is 17.2 Å². The van der Waals surface area contributed by atoms with Crippen molar-refractivity contribution >= 4 is 14.5 Å². The first-order valence-corrected chi connectivity index (χ1v) is 11.6. The Kier molecular flexibility index (Phi) is 7.57. The van der Waals surface area contributed by atoms with E-state index in [1.165, 1.54) is 32.1 Å². The fraction of sp³-hybridized carbons (Fsp3) is 0.364. The molecule has 0 amide bonds. The van der Waals surface area contributed by atoms with Crippen LogP contribution in [0, 0.1) is 11.6 Å². The molecular formula is C22H25F2N4O4P. The summed E-state index contributed by atoms with van der Waals surface area (Å²) < 4.78 is 49.7. The normalized spacial score (nSPS) is 16.8. The highest BCUT2D eigenvalue weighted by Gasteiger charge is 2.21. The van der Waals surface area contributed by atoms with Gasteiger partial charge in [-0.25, -0.2) is 18.7 Å². The van der Waals surface area contributed by atoms with E-state index in [9.17, 15) is 8.78 Å². The van der Waals surface area contributed by atoms with Gasteiger partial charge in [0.05, 0.1) is 45.4 Å². The van der Waals surface area contributed by atoms with Gasteiger partial charge in [-0.1, -0.05) is 8.58 Å². The molecule has 0 aliphatic carbocycles. The molecule has 0 radical (unpaired) electrons. The van der Waals surface area contributed by atoms with Gasteiger partial charge in [0.1, 0.15) is 6.61 Å². The van der Waals surface area contributed by atoms with E-state index >= 15 is 0 Å². The maximum Gasteiger partial charge on any atom is 0.227 e. The second kappa shape index (κ2) is 10.8. The van der Waals surface area contributed by atoms with Crippen molar-refractivity contribution in [2.75, 3.05) is 52.0 Å². The Morgan fingerprint density at radius 2 is 1.73 bits per heavy atom. The van der Waals surface area contributed by atoms with E-state index in [0.717, 1.165) is 44.2 Å². The molecule has 2 aliphatic heterocycles. The van der Waals surface area contributed by atoms with Gasteiger partial charge in [-0.3, -0.25) is 0 Å². The van der Waals surface area contributed by atoms with Crippen LogP contribution in [0.15, 0.2) is 41.7 Å². The minimum atomic E-state index is -0.843. The van der Waals surface area contributed by atoms with Crippen LogP contribution in [0.25, 0.3) is 0 Å². The number of hydrogen-bond donors (Lipinski definition) is 1. The highest BCUT2D eigenvalue weighted by Crippen LogP contribution is 2.34. The van der Waals surface area contributed by atoms with Gasteiger partial charge in [0.2, 0.25) is 5.95 Å². The molecule has 0 saturated carbocycles. The van der Waals surface area contributed by atoms with E-state index in [1.54, 1.807) is 0 Å². The monoisotopic (exact) mass is 478 g/mol. The Bertz CT molecular complexity index is 1020. The Labute approximate surface area is 192 Å². The third kappa shape index (κ3) is 5.51. The Morgan fingerprint density at radius 1 is 1.06 bits per heavy atom. The van der Waals surface area contributed by atoms with Crippen LogP contribution in [-0.2, 0) is 11.3 Å². The van der Waals surface area contributed by atoms with Crippen molar-refractivity contribution in [2.24, 2.45) is 0 Å². The molecule has 1 aromatic heterocycles. The first kappa shape index (κ1) is 23.2. The molecule has 2 aromatic rings. The molecule has 33 heavy (non-hydrogen) atoms. The molecule has 0 spiro atoms. The lowest BCUT2D eigenvalue weighted by Crippen LogP contribution is -2.34. The van der Waals surface area contributed by atoms with Crippen molar-refractivity contribution in [1.82, 2.24) is 14.9 Å². The summed E-state index contributed by atoms with van der Waals surface area (Å²) in [7, 11) is 3.25. The van der Waals surface area contributed by atoms with E-state index in [1.807, 2.05) is 6.08 Å². The van der Waals surface area contributed by atoms with E-state index in [4.69, 9.17) is 18.9 Å². The van der Waals surface area contributed by atoms with E-state index in [2.05, 4.69) is 26.3 Å². The predicted octanol–water partition coefficient (Wildman–Crippen LogP) is 3.51. The lowest BCUT2D eigenvalue weighted by atomic mass is 10.1. The van der Waals surface area contributed by atoms with Gasteiger partial charge in [-0.05, 0) is 12.2 Å². The summed E-state index contributed by atoms with van der Waals surface area (Å²) in [6.07, 6.45) is 7.93. The molecule has 1 aromatic carbocycles. The van der Waals surface area contributed by atoms with Gasteiger partial charge in [0, 0.05) is 36.5 Å². The average Bonchev–Trinajstić information content (AvgIpc) is 2.86. The number of hydrogen-bond acceptors (Lipinski definition) is 8. The number of nitrogens with zero attached hydrogens (tertiary/aromatic N) is 3. The van der Waals surface area contributed by atoms with Gasteiger partial charge in [0.15, 0.2) is 28.9 Å². The molecule has 1 N–H and O–H groups in total. The van der Waals surface area contributed by atoms with Crippen molar-refractivity contribution in [2.45, 2.75) is 6.61 Å². The van der Waals surface area contributed by atoms with E-state index < -0.39 is 11.6 Å². The van der Waals surface area contributed by atoms with Crippen LogP contribution in [0.3, 0.4) is 0 Å². The van der Waals surface area contributed by atoms with Crippen LogP contribution < -0.4 is 19.5 Å². The molecule has 11 heteroatoms. The predicted molar refractivity (Wildman–Crippen MR) is 121 cm³/mol. The molecule has 1 saturated heterocycles. The number of aromatic nitrogens is 2. The first-order valence-electron chi connectivity index (χ1n) is 10.4. The molecule has 3 heterocycles. The third-order valence-electron chi connectivity index (χ3n) is 5.20. The fourth-order valence-corrected chi connectivity index (χ4v) is 4.63. The zero-order chi connectivity index (χ0) is 23.2. The summed E-state index contributed by atoms with van der Waals surface area (Å²) in [6.45, 7) is 3.02. The number of methoxy groups -OCH3 is 2. The van der Waals surface area contributed by atoms with Crippen molar-refractivity contribution in [3.05, 3.63) is 58.9 Å². The van der Waals surface area contributed by atoms with Crippen LogP contribution in [0.4, 0.5) is 14.7 Å². The third-order valence-corrected chi connectivity index (χ3v) is 6.61. The standard InChI is InChI=1S/C22H25F2N4O4P/c1-29-17-9-18(30-2)21(24)16(20(17)23)12-32-15-10-25-22(26-11-15)27-14-3-4-19(33-13-14)28-5-7-31-8-6-28/h3-4,9-11,33H,5-8,12-13H2,1-2H3,(H,25,26,27). The SMILES string of the molecule is COc1cc(OC)c(F)c(COc2cnc(NC3=CC=C(N4CCOCC4)PC3)nc2)c1F. The lowest BCUT2D eigenvalue weighted by Gasteiger charge is -2.32. The van der Waals surface area contributed by atoms with Crippen LogP contribution >= 0.6 is 8.58 Å². The van der Waals surface area contributed by atoms with Gasteiger partial charge in [0.25, 0.3) is 0 Å². The quantitative estimate of drug-likeness (QED) is 0.578. The summed E-state index contributed by atoms with van der Waals surface area (Å²) in [5.41, 5.74) is 2.05. The van der Waals surface area contributed by atoms with Crippen molar-refractivity contribution in [1.29, 1.82) is 0 Å². The minimum Gasteiger partial charge on any atom is -0.494 e. The molecule has 0 bridgehead atoms. The van der Waals surface area contributed by atoms with Crippen LogP contribution in [0.2, 0.25) is 0 Å². The van der Waals surface area contributed by atoms with Crippen molar-refractivity contribution in [3.63, 3.8) is 0 Å². The zero-order valence-electron chi connectivity index (χ0n) is 18.4. The molecular weight excluding hydrogens is 453 g/mol. The van der Waals surface area contributed by atoms with Crippen molar-refractivity contribution in [3.8, 4) is 17.2 Å². The van der Waals surface area contributed by atoms with Crippen LogP contribution in [-0.4, -0.2) is 61.6 Å². The maximum atomic E-state index is 14.5. The highest BCUT2D eigenvalue weighted by molar-refractivity contribution is 7.43. The molecule has 176 valence electrons. The second-order valence-corrected chi connectivity index (χ2v) is 8.46. The van der Waals surface area contributed by atoms with Gasteiger partial charge >= 0.3 is 0 Å². The first-order chi connectivity index (χ1) is 16.1. The smallest absolute Gasteiger partial charge is 0.227 e. The Balaban J connectivity index is 1.37. The number of anilines is 1. The summed E-state index contributed by atoms with van der Waals surface area (Å²) in [6, 6.07) is 1.15. The van der Waals surface area contributed by atoms with Crippen LogP contribution in [0.1, 0.15) is 5.56 Å². The summed E-state index contributed by atoms with van der Waals surface area (Å²) in [5, 5.41) is 3.20. The highest BCUT2D eigenvalue weighted by atomic mass is 31.1. The number of allylic oxidation sites excluding steroid dienone is 3. The Morgan fingerprint density at radius 3 is 2.30 bits per heavy atom. The summed E-state index contributed by atoms with van der Waals surface area (Å²) in [5.74, 6) is -1.25. The largest absolute Gasteiger partial charge is 0.494 e. The van der Waals surface area contributed by atoms with E-state index in [-0.39, 0.29) is 29.4 Å². The zero-order valence-corrected chi connectivity index (χ0v) is 19.4.